The second-order valence-corrected chi connectivity index (χ2v) is 6.56. The van der Waals surface area contributed by atoms with Crippen molar-refractivity contribution in [1.82, 2.24) is 4.90 Å². The van der Waals surface area contributed by atoms with Crippen molar-refractivity contribution >= 4 is 40.0 Å². The lowest BCUT2D eigenvalue weighted by Crippen LogP contribution is -2.31. The smallest absolute Gasteiger partial charge is 0.228 e. The SMILES string of the molecule is CC(C)(C)C(=O)CCC(=O)N1CCSC1=S. The number of hydrogen-bond donors (Lipinski definition) is 0. The predicted molar refractivity (Wildman–Crippen MR) is 70.5 cm³/mol. The summed E-state index contributed by atoms with van der Waals surface area (Å²) in [5.41, 5.74) is -0.361. The molecule has 0 atom stereocenters. The normalized spacial score (nSPS) is 16.7. The van der Waals surface area contributed by atoms with E-state index in [4.69, 9.17) is 12.2 Å². The minimum absolute atomic E-state index is 0.0207. The largest absolute Gasteiger partial charge is 0.299 e. The molecule has 0 bridgehead atoms. The maximum Gasteiger partial charge on any atom is 0.228 e. The molecule has 16 heavy (non-hydrogen) atoms. The third-order valence-electron chi connectivity index (χ3n) is 2.46. The highest BCUT2D eigenvalue weighted by molar-refractivity contribution is 8.23. The van der Waals surface area contributed by atoms with Gasteiger partial charge in [0.1, 0.15) is 10.1 Å². The van der Waals surface area contributed by atoms with Crippen LogP contribution < -0.4 is 0 Å². The Hall–Kier alpha value is -0.420. The summed E-state index contributed by atoms with van der Waals surface area (Å²) < 4.78 is 0.646. The number of thiocarbonyl (C=S) groups is 1. The Morgan fingerprint density at radius 2 is 2.00 bits per heavy atom. The fourth-order valence-corrected chi connectivity index (χ4v) is 2.59. The van der Waals surface area contributed by atoms with Gasteiger partial charge in [-0.05, 0) is 0 Å². The van der Waals surface area contributed by atoms with Gasteiger partial charge in [-0.3, -0.25) is 14.5 Å². The zero-order valence-electron chi connectivity index (χ0n) is 9.91. The van der Waals surface area contributed by atoms with Gasteiger partial charge in [-0.2, -0.15) is 0 Å². The molecular formula is C11H17NO2S2. The molecule has 1 fully saturated rings. The van der Waals surface area contributed by atoms with Gasteiger partial charge in [0, 0.05) is 30.6 Å². The summed E-state index contributed by atoms with van der Waals surface area (Å²) in [6, 6.07) is 0. The summed E-state index contributed by atoms with van der Waals surface area (Å²) in [4.78, 5) is 25.0. The van der Waals surface area contributed by atoms with E-state index in [-0.39, 0.29) is 23.5 Å². The number of hydrogen-bond acceptors (Lipinski definition) is 4. The van der Waals surface area contributed by atoms with Crippen LogP contribution in [-0.2, 0) is 9.59 Å². The molecule has 1 aliphatic heterocycles. The minimum atomic E-state index is -0.361. The maximum atomic E-state index is 11.8. The van der Waals surface area contributed by atoms with Crippen LogP contribution in [0.1, 0.15) is 33.6 Å². The Bertz CT molecular complexity index is 320. The maximum absolute atomic E-state index is 11.8. The van der Waals surface area contributed by atoms with Crippen molar-refractivity contribution in [2.45, 2.75) is 33.6 Å². The van der Waals surface area contributed by atoms with Crippen LogP contribution in [0.4, 0.5) is 0 Å². The number of carbonyl (C=O) groups excluding carboxylic acids is 2. The van der Waals surface area contributed by atoms with Crippen molar-refractivity contribution < 1.29 is 9.59 Å². The Kier molecular flexibility index (Phi) is 4.50. The predicted octanol–water partition coefficient (Wildman–Crippen LogP) is 2.24. The van der Waals surface area contributed by atoms with Gasteiger partial charge in [0.2, 0.25) is 5.91 Å². The molecule has 1 heterocycles. The van der Waals surface area contributed by atoms with Crippen LogP contribution >= 0.6 is 24.0 Å². The first-order valence-electron chi connectivity index (χ1n) is 5.33. The first-order valence-corrected chi connectivity index (χ1v) is 6.72. The molecule has 0 radical (unpaired) electrons. The average Bonchev–Trinajstić information content (AvgIpc) is 2.58. The van der Waals surface area contributed by atoms with Gasteiger partial charge < -0.3 is 0 Å². The average molecular weight is 259 g/mol. The van der Waals surface area contributed by atoms with E-state index >= 15 is 0 Å². The van der Waals surface area contributed by atoms with E-state index in [9.17, 15) is 9.59 Å². The van der Waals surface area contributed by atoms with Crippen LogP contribution in [0.2, 0.25) is 0 Å². The van der Waals surface area contributed by atoms with Gasteiger partial charge in [0.25, 0.3) is 0 Å². The molecule has 0 aromatic rings. The van der Waals surface area contributed by atoms with E-state index in [0.717, 1.165) is 5.75 Å². The molecule has 0 aliphatic carbocycles. The van der Waals surface area contributed by atoms with Gasteiger partial charge in [-0.25, -0.2) is 0 Å². The summed E-state index contributed by atoms with van der Waals surface area (Å²) in [7, 11) is 0. The van der Waals surface area contributed by atoms with Gasteiger partial charge in [0.15, 0.2) is 0 Å². The summed E-state index contributed by atoms with van der Waals surface area (Å²) in [6.07, 6.45) is 0.586. The van der Waals surface area contributed by atoms with Crippen molar-refractivity contribution in [3.05, 3.63) is 0 Å². The molecule has 90 valence electrons. The fourth-order valence-electron chi connectivity index (χ4n) is 1.35. The van der Waals surface area contributed by atoms with Crippen LogP contribution in [0, 0.1) is 5.41 Å². The Morgan fingerprint density at radius 1 is 1.38 bits per heavy atom. The van der Waals surface area contributed by atoms with E-state index in [2.05, 4.69) is 0 Å². The number of Topliss-reactive ketones (excluding diaryl/α,β-unsaturated/α-hetero) is 1. The van der Waals surface area contributed by atoms with Crippen molar-refractivity contribution in [3.8, 4) is 0 Å². The highest BCUT2D eigenvalue weighted by atomic mass is 32.2. The number of rotatable bonds is 3. The standard InChI is InChI=1S/C11H17NO2S2/c1-11(2,3)8(13)4-5-9(14)12-6-7-16-10(12)15/h4-7H2,1-3H3. The molecule has 3 nitrogen and oxygen atoms in total. The molecule has 1 aliphatic rings. The Morgan fingerprint density at radius 3 is 2.44 bits per heavy atom. The van der Waals surface area contributed by atoms with Gasteiger partial charge in [-0.1, -0.05) is 44.8 Å². The molecule has 0 aromatic carbocycles. The molecule has 5 heteroatoms. The Balaban J connectivity index is 2.41. The fraction of sp³-hybridized carbons (Fsp3) is 0.727. The second kappa shape index (κ2) is 5.27. The summed E-state index contributed by atoms with van der Waals surface area (Å²) in [6.45, 7) is 6.30. The van der Waals surface area contributed by atoms with Gasteiger partial charge in [0.05, 0.1) is 0 Å². The topological polar surface area (TPSA) is 37.4 Å². The highest BCUT2D eigenvalue weighted by Crippen LogP contribution is 2.21. The van der Waals surface area contributed by atoms with Crippen molar-refractivity contribution in [3.63, 3.8) is 0 Å². The van der Waals surface area contributed by atoms with Gasteiger partial charge in [-0.15, -0.1) is 0 Å². The number of thioether (sulfide) groups is 1. The first kappa shape index (κ1) is 13.6. The molecular weight excluding hydrogens is 242 g/mol. The molecule has 1 rings (SSSR count). The third-order valence-corrected chi connectivity index (χ3v) is 3.89. The van der Waals surface area contributed by atoms with Crippen LogP contribution in [0.15, 0.2) is 0 Å². The second-order valence-electron chi connectivity index (χ2n) is 4.83. The van der Waals surface area contributed by atoms with E-state index in [1.807, 2.05) is 20.8 Å². The van der Waals surface area contributed by atoms with Gasteiger partial charge >= 0.3 is 0 Å². The molecule has 0 spiro atoms. The van der Waals surface area contributed by atoms with Crippen LogP contribution in [0.5, 0.6) is 0 Å². The number of ketones is 1. The first-order chi connectivity index (χ1) is 7.32. The van der Waals surface area contributed by atoms with Crippen LogP contribution in [0.3, 0.4) is 0 Å². The molecule has 1 amide bonds. The zero-order chi connectivity index (χ0) is 12.3. The lowest BCUT2D eigenvalue weighted by molar-refractivity contribution is -0.132. The summed E-state index contributed by atoms with van der Waals surface area (Å²) >= 11 is 6.58. The monoisotopic (exact) mass is 259 g/mol. The molecule has 0 aromatic heterocycles. The van der Waals surface area contributed by atoms with E-state index in [0.29, 0.717) is 17.3 Å². The number of nitrogens with zero attached hydrogens (tertiary/aromatic N) is 1. The quantitative estimate of drug-likeness (QED) is 0.729. The molecule has 0 N–H and O–H groups in total. The van der Waals surface area contributed by atoms with Crippen molar-refractivity contribution in [2.75, 3.05) is 12.3 Å². The van der Waals surface area contributed by atoms with E-state index in [1.54, 1.807) is 4.90 Å². The number of amides is 1. The summed E-state index contributed by atoms with van der Waals surface area (Å²) in [5, 5.41) is 0. The molecule has 1 saturated heterocycles. The molecule has 0 saturated carbocycles. The lowest BCUT2D eigenvalue weighted by atomic mass is 9.88. The summed E-state index contributed by atoms with van der Waals surface area (Å²) in [5.74, 6) is 0.976. The van der Waals surface area contributed by atoms with Crippen molar-refractivity contribution in [2.24, 2.45) is 5.41 Å². The van der Waals surface area contributed by atoms with E-state index in [1.165, 1.54) is 11.8 Å². The number of carbonyl (C=O) groups is 2. The van der Waals surface area contributed by atoms with Crippen LogP contribution in [0.25, 0.3) is 0 Å². The van der Waals surface area contributed by atoms with Crippen LogP contribution in [-0.4, -0.2) is 33.2 Å². The minimum Gasteiger partial charge on any atom is -0.299 e. The third kappa shape index (κ3) is 3.56. The molecule has 0 unspecified atom stereocenters. The Labute approximate surface area is 106 Å². The zero-order valence-corrected chi connectivity index (χ0v) is 11.5. The van der Waals surface area contributed by atoms with E-state index < -0.39 is 0 Å². The van der Waals surface area contributed by atoms with Crippen molar-refractivity contribution in [1.29, 1.82) is 0 Å². The lowest BCUT2D eigenvalue weighted by Gasteiger charge is -2.18. The highest BCUT2D eigenvalue weighted by Gasteiger charge is 2.26.